The van der Waals surface area contributed by atoms with Crippen LogP contribution in [0.25, 0.3) is 0 Å². The van der Waals surface area contributed by atoms with Gasteiger partial charge in [0.1, 0.15) is 18.8 Å². The van der Waals surface area contributed by atoms with Crippen LogP contribution in [0, 0.1) is 6.92 Å². The molecule has 1 N–H and O–H groups in total. The molecule has 1 unspecified atom stereocenters. The highest BCUT2D eigenvalue weighted by Gasteiger charge is 2.27. The van der Waals surface area contributed by atoms with Crippen LogP contribution in [0.15, 0.2) is 18.2 Å². The third-order valence-corrected chi connectivity index (χ3v) is 2.78. The SMILES string of the molecule is Cc1ccc2c(c1)OCN(CCO)C2C=O. The number of aliphatic hydroxyl groups excluding tert-OH is 1. The highest BCUT2D eigenvalue weighted by atomic mass is 16.5. The molecule has 0 spiro atoms. The Morgan fingerprint density at radius 3 is 3.12 bits per heavy atom. The van der Waals surface area contributed by atoms with Crippen molar-refractivity contribution >= 4 is 6.29 Å². The van der Waals surface area contributed by atoms with Crippen molar-refractivity contribution in [2.75, 3.05) is 19.9 Å². The van der Waals surface area contributed by atoms with Crippen LogP contribution in [0.1, 0.15) is 17.2 Å². The molecular weight excluding hydrogens is 206 g/mol. The summed E-state index contributed by atoms with van der Waals surface area (Å²) in [6, 6.07) is 5.49. The number of aldehydes is 1. The summed E-state index contributed by atoms with van der Waals surface area (Å²) in [5.41, 5.74) is 1.99. The Bertz CT molecular complexity index is 392. The van der Waals surface area contributed by atoms with E-state index in [0.717, 1.165) is 23.2 Å². The topological polar surface area (TPSA) is 49.8 Å². The average Bonchev–Trinajstić information content (AvgIpc) is 2.29. The molecule has 0 aromatic heterocycles. The van der Waals surface area contributed by atoms with Gasteiger partial charge in [-0.2, -0.15) is 0 Å². The molecule has 1 atom stereocenters. The average molecular weight is 221 g/mol. The van der Waals surface area contributed by atoms with Gasteiger partial charge in [-0.25, -0.2) is 0 Å². The number of benzene rings is 1. The number of rotatable bonds is 3. The largest absolute Gasteiger partial charge is 0.478 e. The van der Waals surface area contributed by atoms with Crippen molar-refractivity contribution in [1.29, 1.82) is 0 Å². The van der Waals surface area contributed by atoms with Crippen molar-refractivity contribution in [2.24, 2.45) is 0 Å². The van der Waals surface area contributed by atoms with Crippen LogP contribution in [-0.2, 0) is 4.79 Å². The number of carbonyl (C=O) groups is 1. The zero-order valence-electron chi connectivity index (χ0n) is 9.22. The number of carbonyl (C=O) groups excluding carboxylic acids is 1. The number of ether oxygens (including phenoxy) is 1. The van der Waals surface area contributed by atoms with Gasteiger partial charge in [0.15, 0.2) is 0 Å². The highest BCUT2D eigenvalue weighted by molar-refractivity contribution is 5.64. The van der Waals surface area contributed by atoms with E-state index in [1.807, 2.05) is 30.0 Å². The summed E-state index contributed by atoms with van der Waals surface area (Å²) in [5.74, 6) is 0.770. The van der Waals surface area contributed by atoms with E-state index in [9.17, 15) is 4.79 Å². The van der Waals surface area contributed by atoms with Gasteiger partial charge in [0.05, 0.1) is 12.6 Å². The summed E-state index contributed by atoms with van der Waals surface area (Å²) in [6.45, 7) is 2.80. The van der Waals surface area contributed by atoms with Crippen molar-refractivity contribution in [3.8, 4) is 5.75 Å². The lowest BCUT2D eigenvalue weighted by atomic mass is 10.0. The molecule has 4 heteroatoms. The van der Waals surface area contributed by atoms with Gasteiger partial charge in [0.25, 0.3) is 0 Å². The van der Waals surface area contributed by atoms with E-state index in [1.165, 1.54) is 0 Å². The van der Waals surface area contributed by atoms with Crippen LogP contribution in [0.2, 0.25) is 0 Å². The third kappa shape index (κ3) is 1.94. The van der Waals surface area contributed by atoms with Crippen LogP contribution in [-0.4, -0.2) is 36.2 Å². The maximum absolute atomic E-state index is 11.1. The Hall–Kier alpha value is -1.39. The van der Waals surface area contributed by atoms with Crippen LogP contribution >= 0.6 is 0 Å². The van der Waals surface area contributed by atoms with Gasteiger partial charge < -0.3 is 14.6 Å². The fourth-order valence-corrected chi connectivity index (χ4v) is 1.93. The first-order chi connectivity index (χ1) is 7.76. The lowest BCUT2D eigenvalue weighted by Gasteiger charge is -2.33. The second-order valence-corrected chi connectivity index (χ2v) is 3.93. The van der Waals surface area contributed by atoms with Gasteiger partial charge in [-0.3, -0.25) is 4.90 Å². The fourth-order valence-electron chi connectivity index (χ4n) is 1.93. The molecular formula is C12H15NO3. The zero-order valence-corrected chi connectivity index (χ0v) is 9.22. The fraction of sp³-hybridized carbons (Fsp3) is 0.417. The van der Waals surface area contributed by atoms with Crippen LogP contribution in [0.5, 0.6) is 5.75 Å². The second kappa shape index (κ2) is 4.63. The summed E-state index contributed by atoms with van der Waals surface area (Å²) in [5, 5.41) is 8.91. The van der Waals surface area contributed by atoms with Crippen LogP contribution in [0.4, 0.5) is 0 Å². The first-order valence-electron chi connectivity index (χ1n) is 5.30. The summed E-state index contributed by atoms with van der Waals surface area (Å²) < 4.78 is 5.56. The molecule has 0 bridgehead atoms. The standard InChI is InChI=1S/C12H15NO3/c1-9-2-3-10-11(7-15)13(4-5-14)8-16-12(10)6-9/h2-3,6-7,11,14H,4-5,8H2,1H3. The lowest BCUT2D eigenvalue weighted by molar-refractivity contribution is -0.115. The number of fused-ring (bicyclic) bond motifs is 1. The van der Waals surface area contributed by atoms with E-state index in [1.54, 1.807) is 0 Å². The Morgan fingerprint density at radius 1 is 1.62 bits per heavy atom. The predicted octanol–water partition coefficient (Wildman–Crippen LogP) is 0.879. The molecule has 0 saturated heterocycles. The molecule has 1 heterocycles. The van der Waals surface area contributed by atoms with Crippen molar-refractivity contribution in [1.82, 2.24) is 4.90 Å². The highest BCUT2D eigenvalue weighted by Crippen LogP contribution is 2.33. The molecule has 0 aliphatic carbocycles. The quantitative estimate of drug-likeness (QED) is 0.770. The molecule has 1 aromatic carbocycles. The van der Waals surface area contributed by atoms with Gasteiger partial charge in [-0.05, 0) is 18.6 Å². The maximum Gasteiger partial charge on any atom is 0.143 e. The van der Waals surface area contributed by atoms with Gasteiger partial charge in [-0.1, -0.05) is 12.1 Å². The summed E-state index contributed by atoms with van der Waals surface area (Å²) in [7, 11) is 0. The molecule has 1 aliphatic rings. The van der Waals surface area contributed by atoms with Gasteiger partial charge in [0.2, 0.25) is 0 Å². The Kier molecular flexibility index (Phi) is 3.22. The van der Waals surface area contributed by atoms with E-state index in [-0.39, 0.29) is 12.6 Å². The predicted molar refractivity (Wildman–Crippen MR) is 59.3 cm³/mol. The van der Waals surface area contributed by atoms with Crippen LogP contribution < -0.4 is 4.74 Å². The minimum atomic E-state index is -0.309. The molecule has 86 valence electrons. The van der Waals surface area contributed by atoms with Crippen molar-refractivity contribution in [3.05, 3.63) is 29.3 Å². The number of hydrogen-bond acceptors (Lipinski definition) is 4. The number of aliphatic hydroxyl groups is 1. The van der Waals surface area contributed by atoms with Crippen molar-refractivity contribution in [3.63, 3.8) is 0 Å². The number of nitrogens with zero attached hydrogens (tertiary/aromatic N) is 1. The lowest BCUT2D eigenvalue weighted by Crippen LogP contribution is -2.39. The molecule has 0 amide bonds. The summed E-state index contributed by atoms with van der Waals surface area (Å²) >= 11 is 0. The minimum Gasteiger partial charge on any atom is -0.478 e. The van der Waals surface area contributed by atoms with Crippen molar-refractivity contribution in [2.45, 2.75) is 13.0 Å². The van der Waals surface area contributed by atoms with E-state index in [4.69, 9.17) is 9.84 Å². The van der Waals surface area contributed by atoms with E-state index in [2.05, 4.69) is 0 Å². The Labute approximate surface area is 94.4 Å². The molecule has 0 fully saturated rings. The maximum atomic E-state index is 11.1. The Balaban J connectivity index is 2.33. The van der Waals surface area contributed by atoms with E-state index < -0.39 is 0 Å². The van der Waals surface area contributed by atoms with E-state index >= 15 is 0 Å². The normalized spacial score (nSPS) is 20.0. The minimum absolute atomic E-state index is 0.0227. The summed E-state index contributed by atoms with van der Waals surface area (Å²) in [4.78, 5) is 12.9. The monoisotopic (exact) mass is 221 g/mol. The molecule has 2 rings (SSSR count). The first-order valence-corrected chi connectivity index (χ1v) is 5.30. The molecule has 0 radical (unpaired) electrons. The zero-order chi connectivity index (χ0) is 11.5. The summed E-state index contributed by atoms with van der Waals surface area (Å²) in [6.07, 6.45) is 0.895. The molecule has 1 aliphatic heterocycles. The van der Waals surface area contributed by atoms with Crippen molar-refractivity contribution < 1.29 is 14.6 Å². The number of β-amino-alcohol motifs (C(OH)–C–C–N with tert-alkyl or cyclic N) is 1. The molecule has 4 nitrogen and oxygen atoms in total. The third-order valence-electron chi connectivity index (χ3n) is 2.78. The number of aryl methyl sites for hydroxylation is 1. The molecule has 1 aromatic rings. The van der Waals surface area contributed by atoms with Gasteiger partial charge in [0, 0.05) is 12.1 Å². The molecule has 16 heavy (non-hydrogen) atoms. The van der Waals surface area contributed by atoms with Crippen LogP contribution in [0.3, 0.4) is 0 Å². The van der Waals surface area contributed by atoms with Gasteiger partial charge in [-0.15, -0.1) is 0 Å². The first kappa shape index (κ1) is 11.1. The number of hydrogen-bond donors (Lipinski definition) is 1. The van der Waals surface area contributed by atoms with E-state index in [0.29, 0.717) is 13.3 Å². The Morgan fingerprint density at radius 2 is 2.44 bits per heavy atom. The van der Waals surface area contributed by atoms with Gasteiger partial charge >= 0.3 is 0 Å². The smallest absolute Gasteiger partial charge is 0.143 e. The second-order valence-electron chi connectivity index (χ2n) is 3.93. The molecule has 0 saturated carbocycles.